The molecule has 5 nitrogen and oxygen atoms in total. The van der Waals surface area contributed by atoms with E-state index in [0.717, 1.165) is 21.5 Å². The fraction of sp³-hybridized carbons (Fsp3) is 0.0526. The maximum Gasteiger partial charge on any atom is 0.243 e. The summed E-state index contributed by atoms with van der Waals surface area (Å²) in [5.41, 5.74) is 2.15. The summed E-state index contributed by atoms with van der Waals surface area (Å²) in [6.07, 6.45) is 3.29. The third-order valence-corrected chi connectivity index (χ3v) is 6.27. The molecule has 4 rings (SSSR count). The van der Waals surface area contributed by atoms with Crippen molar-refractivity contribution in [3.05, 3.63) is 77.9 Å². The van der Waals surface area contributed by atoms with Gasteiger partial charge in [-0.25, -0.2) is 13.1 Å². The number of fused-ring (bicyclic) bond motifs is 1. The average Bonchev–Trinajstić information content (AvgIpc) is 3.21. The minimum absolute atomic E-state index is 0.183. The molecule has 1 N–H and O–H groups in total. The molecule has 0 saturated heterocycles. The van der Waals surface area contributed by atoms with Crippen molar-refractivity contribution in [2.45, 2.75) is 11.4 Å². The average molecular weight is 381 g/mol. The second-order valence-corrected chi connectivity index (χ2v) is 8.37. The highest BCUT2D eigenvalue weighted by Crippen LogP contribution is 2.24. The van der Waals surface area contributed by atoms with Crippen molar-refractivity contribution in [2.75, 3.05) is 0 Å². The van der Waals surface area contributed by atoms with Crippen LogP contribution in [0.5, 0.6) is 0 Å². The molecule has 26 heavy (non-hydrogen) atoms. The Morgan fingerprint density at radius 3 is 2.69 bits per heavy atom. The lowest BCUT2D eigenvalue weighted by Crippen LogP contribution is -2.23. The first-order chi connectivity index (χ1) is 12.6. The van der Waals surface area contributed by atoms with Crippen LogP contribution in [0.1, 0.15) is 5.56 Å². The van der Waals surface area contributed by atoms with Crippen LogP contribution in [-0.4, -0.2) is 18.4 Å². The van der Waals surface area contributed by atoms with Gasteiger partial charge in [0.25, 0.3) is 0 Å². The normalized spacial score (nSPS) is 11.7. The molecule has 0 atom stereocenters. The van der Waals surface area contributed by atoms with Gasteiger partial charge in [-0.05, 0) is 41.3 Å². The number of hydrogen-bond acceptors (Lipinski definition) is 5. The number of thiophene rings is 1. The van der Waals surface area contributed by atoms with Gasteiger partial charge in [0, 0.05) is 24.3 Å². The summed E-state index contributed by atoms with van der Waals surface area (Å²) in [6.45, 7) is 0.187. The van der Waals surface area contributed by atoms with Crippen LogP contribution in [0.25, 0.3) is 21.5 Å². The molecule has 0 bridgehead atoms. The van der Waals surface area contributed by atoms with Crippen molar-refractivity contribution in [2.24, 2.45) is 0 Å². The maximum absolute atomic E-state index is 12.8. The van der Waals surface area contributed by atoms with Gasteiger partial charge < -0.3 is 0 Å². The van der Waals surface area contributed by atoms with Crippen LogP contribution in [0.3, 0.4) is 0 Å². The molecule has 7 heteroatoms. The van der Waals surface area contributed by atoms with E-state index in [2.05, 4.69) is 14.7 Å². The Balaban J connectivity index is 1.60. The summed E-state index contributed by atoms with van der Waals surface area (Å²) in [5, 5.41) is 2.78. The van der Waals surface area contributed by atoms with Crippen LogP contribution in [0.15, 0.2) is 77.3 Å². The van der Waals surface area contributed by atoms with Gasteiger partial charge in [0.05, 0.1) is 16.1 Å². The first kappa shape index (κ1) is 16.8. The third-order valence-electron chi connectivity index (χ3n) is 3.95. The van der Waals surface area contributed by atoms with Crippen LogP contribution in [0.4, 0.5) is 0 Å². The lowest BCUT2D eigenvalue weighted by atomic mass is 10.2. The smallest absolute Gasteiger partial charge is 0.243 e. The van der Waals surface area contributed by atoms with Crippen LogP contribution in [0, 0.1) is 0 Å². The largest absolute Gasteiger partial charge is 0.255 e. The molecule has 3 heterocycles. The summed E-state index contributed by atoms with van der Waals surface area (Å²) in [5.74, 6) is 0. The minimum Gasteiger partial charge on any atom is -0.255 e. The monoisotopic (exact) mass is 381 g/mol. The van der Waals surface area contributed by atoms with E-state index in [-0.39, 0.29) is 11.4 Å². The third kappa shape index (κ3) is 3.37. The number of pyridine rings is 2. The molecule has 130 valence electrons. The Kier molecular flexibility index (Phi) is 4.50. The SMILES string of the molecule is O=S(=O)(NCc1ccnc(-c2cccs2)c1)c1cccc2cccnc12. The van der Waals surface area contributed by atoms with Crippen molar-refractivity contribution in [3.8, 4) is 10.6 Å². The fourth-order valence-electron chi connectivity index (χ4n) is 2.69. The zero-order valence-corrected chi connectivity index (χ0v) is 15.3. The number of aromatic nitrogens is 2. The van der Waals surface area contributed by atoms with E-state index in [9.17, 15) is 8.42 Å². The fourth-order valence-corrected chi connectivity index (χ4v) is 4.58. The van der Waals surface area contributed by atoms with Crippen LogP contribution in [-0.2, 0) is 16.6 Å². The first-order valence-electron chi connectivity index (χ1n) is 7.96. The van der Waals surface area contributed by atoms with Crippen molar-refractivity contribution in [1.29, 1.82) is 0 Å². The molecule has 0 spiro atoms. The van der Waals surface area contributed by atoms with Crippen molar-refractivity contribution >= 4 is 32.3 Å². The molecule has 0 unspecified atom stereocenters. The lowest BCUT2D eigenvalue weighted by Gasteiger charge is -2.09. The van der Waals surface area contributed by atoms with Crippen LogP contribution in [0.2, 0.25) is 0 Å². The molecular formula is C19H15N3O2S2. The van der Waals surface area contributed by atoms with Crippen LogP contribution < -0.4 is 4.72 Å². The summed E-state index contributed by atoms with van der Waals surface area (Å²) in [6, 6.07) is 16.4. The highest BCUT2D eigenvalue weighted by Gasteiger charge is 2.18. The Morgan fingerprint density at radius 2 is 1.85 bits per heavy atom. The zero-order chi connectivity index (χ0) is 18.0. The highest BCUT2D eigenvalue weighted by atomic mass is 32.2. The van der Waals surface area contributed by atoms with Gasteiger partial charge >= 0.3 is 0 Å². The Labute approximate surface area is 155 Å². The zero-order valence-electron chi connectivity index (χ0n) is 13.7. The summed E-state index contributed by atoms with van der Waals surface area (Å²) in [7, 11) is -3.68. The van der Waals surface area contributed by atoms with Crippen molar-refractivity contribution in [1.82, 2.24) is 14.7 Å². The molecule has 0 saturated carbocycles. The van der Waals surface area contributed by atoms with Crippen molar-refractivity contribution < 1.29 is 8.42 Å². The van der Waals surface area contributed by atoms with Gasteiger partial charge in [-0.2, -0.15) is 0 Å². The standard InChI is InChI=1S/C19H15N3O2S2/c23-26(24,18-7-1-4-15-5-2-9-21-19(15)18)22-13-14-8-10-20-16(12-14)17-6-3-11-25-17/h1-12,22H,13H2. The maximum atomic E-state index is 12.8. The van der Waals surface area contributed by atoms with E-state index in [1.54, 1.807) is 48.0 Å². The number of benzene rings is 1. The molecule has 0 aliphatic carbocycles. The van der Waals surface area contributed by atoms with Crippen LogP contribution >= 0.6 is 11.3 Å². The van der Waals surface area contributed by atoms with Gasteiger partial charge in [-0.1, -0.05) is 24.3 Å². The van der Waals surface area contributed by atoms with Gasteiger partial charge in [-0.3, -0.25) is 9.97 Å². The second-order valence-electron chi connectivity index (χ2n) is 5.68. The number of rotatable bonds is 5. The molecule has 0 amide bonds. The topological polar surface area (TPSA) is 72.0 Å². The van der Waals surface area contributed by atoms with Gasteiger partial charge in [-0.15, -0.1) is 11.3 Å². The predicted molar refractivity (Wildman–Crippen MR) is 103 cm³/mol. The summed E-state index contributed by atoms with van der Waals surface area (Å²) >= 11 is 1.60. The molecule has 0 aliphatic rings. The van der Waals surface area contributed by atoms with E-state index >= 15 is 0 Å². The second kappa shape index (κ2) is 6.95. The number of nitrogens with one attached hydrogen (secondary N) is 1. The van der Waals surface area contributed by atoms with E-state index < -0.39 is 10.0 Å². The number of sulfonamides is 1. The summed E-state index contributed by atoms with van der Waals surface area (Å²) in [4.78, 5) is 9.80. The quantitative estimate of drug-likeness (QED) is 0.570. The Hall–Kier alpha value is -2.61. The van der Waals surface area contributed by atoms with Gasteiger partial charge in [0.15, 0.2) is 0 Å². The number of nitrogens with zero attached hydrogens (tertiary/aromatic N) is 2. The Bertz CT molecular complexity index is 1150. The van der Waals surface area contributed by atoms with Gasteiger partial charge in [0.1, 0.15) is 4.90 Å². The molecular weight excluding hydrogens is 366 g/mol. The minimum atomic E-state index is -3.68. The molecule has 0 fully saturated rings. The van der Waals surface area contributed by atoms with E-state index in [0.29, 0.717) is 5.52 Å². The highest BCUT2D eigenvalue weighted by molar-refractivity contribution is 7.89. The number of hydrogen-bond donors (Lipinski definition) is 1. The molecule has 0 aliphatic heterocycles. The predicted octanol–water partition coefficient (Wildman–Crippen LogP) is 3.84. The molecule has 3 aromatic heterocycles. The summed E-state index contributed by atoms with van der Waals surface area (Å²) < 4.78 is 28.2. The van der Waals surface area contributed by atoms with Gasteiger partial charge in [0.2, 0.25) is 10.0 Å². The molecule has 0 radical (unpaired) electrons. The van der Waals surface area contributed by atoms with E-state index in [1.165, 1.54) is 0 Å². The Morgan fingerprint density at radius 1 is 0.962 bits per heavy atom. The van der Waals surface area contributed by atoms with E-state index in [4.69, 9.17) is 0 Å². The first-order valence-corrected chi connectivity index (χ1v) is 10.3. The van der Waals surface area contributed by atoms with Crippen molar-refractivity contribution in [3.63, 3.8) is 0 Å². The molecule has 4 aromatic rings. The number of para-hydroxylation sites is 1. The van der Waals surface area contributed by atoms with E-state index in [1.807, 2.05) is 35.7 Å². The molecule has 1 aromatic carbocycles. The lowest BCUT2D eigenvalue weighted by molar-refractivity contribution is 0.582.